The van der Waals surface area contributed by atoms with Crippen LogP contribution >= 0.6 is 0 Å². The summed E-state index contributed by atoms with van der Waals surface area (Å²) in [5, 5.41) is 10.6. The van der Waals surface area contributed by atoms with Crippen LogP contribution in [-0.4, -0.2) is 47.5 Å². The van der Waals surface area contributed by atoms with E-state index >= 15 is 0 Å². The van der Waals surface area contributed by atoms with Gasteiger partial charge < -0.3 is 27.6 Å². The van der Waals surface area contributed by atoms with Gasteiger partial charge in [-0.1, -0.05) is 0 Å². The van der Waals surface area contributed by atoms with Crippen LogP contribution in [0.4, 0.5) is 4.79 Å². The highest BCUT2D eigenvalue weighted by Crippen LogP contribution is 1.91. The van der Waals surface area contributed by atoms with E-state index < -0.39 is 36.3 Å². The van der Waals surface area contributed by atoms with E-state index in [1.807, 2.05) is 10.7 Å². The Hall–Kier alpha value is -3.05. The van der Waals surface area contributed by atoms with E-state index in [1.54, 1.807) is 0 Å². The molecular weight excluding hydrogens is 298 g/mol. The molecule has 0 bridgehead atoms. The lowest BCUT2D eigenvalue weighted by Gasteiger charge is -2.14. The van der Waals surface area contributed by atoms with Crippen LogP contribution in [0.25, 0.3) is 0 Å². The number of hydrazine groups is 1. The third-order valence-electron chi connectivity index (χ3n) is 2.20. The van der Waals surface area contributed by atoms with Gasteiger partial charge in [0.2, 0.25) is 11.8 Å². The van der Waals surface area contributed by atoms with Crippen LogP contribution in [-0.2, 0) is 14.4 Å². The Bertz CT molecular complexity index is 461. The Morgan fingerprint density at radius 2 is 1.73 bits per heavy atom. The van der Waals surface area contributed by atoms with Crippen molar-refractivity contribution in [3.8, 4) is 0 Å². The van der Waals surface area contributed by atoms with Gasteiger partial charge in [0, 0.05) is 13.0 Å². The summed E-state index contributed by atoms with van der Waals surface area (Å²) in [5.41, 5.74) is 19.1. The van der Waals surface area contributed by atoms with E-state index in [4.69, 9.17) is 22.3 Å². The molecule has 0 aromatic heterocycles. The van der Waals surface area contributed by atoms with E-state index in [9.17, 15) is 19.2 Å². The number of nitrogens with two attached hydrogens (primary N) is 3. The lowest BCUT2D eigenvalue weighted by atomic mass is 10.2. The fraction of sp³-hybridized carbons (Fsp3) is 0.500. The van der Waals surface area contributed by atoms with E-state index in [1.165, 1.54) is 0 Å². The van der Waals surface area contributed by atoms with Crippen molar-refractivity contribution in [2.75, 3.05) is 6.54 Å². The van der Waals surface area contributed by atoms with Gasteiger partial charge in [-0.15, -0.1) is 0 Å². The topological polar surface area (TPSA) is 215 Å². The number of hydrogen-bond acceptors (Lipinski definition) is 5. The molecule has 0 unspecified atom stereocenters. The zero-order valence-corrected chi connectivity index (χ0v) is 11.7. The second-order valence-electron chi connectivity index (χ2n) is 4.11. The summed E-state index contributed by atoms with van der Waals surface area (Å²) >= 11 is 0. The van der Waals surface area contributed by atoms with E-state index in [-0.39, 0.29) is 18.9 Å². The Kier molecular flexibility index (Phi) is 8.43. The molecule has 0 aliphatic rings. The van der Waals surface area contributed by atoms with Gasteiger partial charge in [-0.05, 0) is 6.42 Å². The largest absolute Gasteiger partial charge is 0.481 e. The number of carboxylic acids is 1. The summed E-state index contributed by atoms with van der Waals surface area (Å²) in [6.45, 7) is 0.254. The van der Waals surface area contributed by atoms with Crippen LogP contribution in [0.1, 0.15) is 19.3 Å². The van der Waals surface area contributed by atoms with Gasteiger partial charge in [0.1, 0.15) is 6.04 Å². The van der Waals surface area contributed by atoms with Crippen molar-refractivity contribution in [2.24, 2.45) is 22.2 Å². The standard InChI is InChI=1S/C10H19N7O5/c11-8(21)5(4-7(19)20)15-10(22)17-16-6(18)2-1-3-14-9(12)13/h5H,1-4H2,(H2,11,21)(H,16,18)(H,19,20)(H4,12,13,14)(H2,15,17,22)/t5-/m1/s1. The summed E-state index contributed by atoms with van der Waals surface area (Å²) < 4.78 is 0. The maximum Gasteiger partial charge on any atom is 0.334 e. The Labute approximate surface area is 125 Å². The Morgan fingerprint density at radius 3 is 2.23 bits per heavy atom. The number of nitrogens with zero attached hydrogens (tertiary/aromatic N) is 1. The predicted molar refractivity (Wildman–Crippen MR) is 75.0 cm³/mol. The Morgan fingerprint density at radius 1 is 1.09 bits per heavy atom. The van der Waals surface area contributed by atoms with Crippen molar-refractivity contribution in [3.05, 3.63) is 0 Å². The third-order valence-corrected chi connectivity index (χ3v) is 2.20. The fourth-order valence-electron chi connectivity index (χ4n) is 1.23. The van der Waals surface area contributed by atoms with Crippen molar-refractivity contribution >= 4 is 29.8 Å². The highest BCUT2D eigenvalue weighted by molar-refractivity contribution is 5.89. The van der Waals surface area contributed by atoms with Gasteiger partial charge in [-0.3, -0.25) is 24.8 Å². The number of carbonyl (C=O) groups is 4. The molecule has 0 aromatic carbocycles. The average molecular weight is 317 g/mol. The summed E-state index contributed by atoms with van der Waals surface area (Å²) in [7, 11) is 0. The van der Waals surface area contributed by atoms with Crippen LogP contribution in [0.3, 0.4) is 0 Å². The predicted octanol–water partition coefficient (Wildman–Crippen LogP) is -3.30. The normalized spacial score (nSPS) is 10.9. The summed E-state index contributed by atoms with van der Waals surface area (Å²) in [6, 6.07) is -2.36. The van der Waals surface area contributed by atoms with Crippen molar-refractivity contribution in [1.29, 1.82) is 0 Å². The molecule has 0 aromatic rings. The van der Waals surface area contributed by atoms with Gasteiger partial charge in [-0.2, -0.15) is 0 Å². The molecule has 0 saturated carbocycles. The number of carbonyl (C=O) groups excluding carboxylic acids is 3. The van der Waals surface area contributed by atoms with Gasteiger partial charge >= 0.3 is 12.0 Å². The molecule has 12 nitrogen and oxygen atoms in total. The van der Waals surface area contributed by atoms with Gasteiger partial charge in [0.05, 0.1) is 6.42 Å². The van der Waals surface area contributed by atoms with Crippen molar-refractivity contribution < 1.29 is 24.3 Å². The highest BCUT2D eigenvalue weighted by Gasteiger charge is 2.21. The van der Waals surface area contributed by atoms with Crippen LogP contribution in [0.15, 0.2) is 4.99 Å². The number of amides is 4. The van der Waals surface area contributed by atoms with Crippen molar-refractivity contribution in [1.82, 2.24) is 16.2 Å². The molecule has 0 aliphatic carbocycles. The van der Waals surface area contributed by atoms with Crippen LogP contribution in [0, 0.1) is 0 Å². The molecule has 0 aliphatic heterocycles. The summed E-state index contributed by atoms with van der Waals surface area (Å²) in [6.07, 6.45) is -0.267. The first-order valence-corrected chi connectivity index (χ1v) is 6.14. The molecule has 1 atom stereocenters. The van der Waals surface area contributed by atoms with Gasteiger partial charge in [0.15, 0.2) is 5.96 Å². The molecular formula is C10H19N7O5. The number of guanidine groups is 1. The number of rotatable bonds is 8. The zero-order chi connectivity index (χ0) is 17.1. The average Bonchev–Trinajstić information content (AvgIpc) is 2.39. The number of carboxylic acid groups (broad SMARTS) is 1. The minimum absolute atomic E-state index is 0.0471. The highest BCUT2D eigenvalue weighted by atomic mass is 16.4. The quantitative estimate of drug-likeness (QED) is 0.105. The molecule has 12 heteroatoms. The monoisotopic (exact) mass is 317 g/mol. The SMILES string of the molecule is NC(=O)[C@@H](CC(=O)O)NC(=O)NNC(=O)CCCN=C(N)N. The van der Waals surface area contributed by atoms with Gasteiger partial charge in [0.25, 0.3) is 0 Å². The second kappa shape index (κ2) is 9.79. The maximum atomic E-state index is 11.4. The molecule has 4 amide bonds. The molecule has 0 spiro atoms. The molecule has 22 heavy (non-hydrogen) atoms. The Balaban J connectivity index is 4.05. The molecule has 124 valence electrons. The fourth-order valence-corrected chi connectivity index (χ4v) is 1.23. The molecule has 10 N–H and O–H groups in total. The first kappa shape index (κ1) is 18.9. The summed E-state index contributed by atoms with van der Waals surface area (Å²) in [4.78, 5) is 47.8. The van der Waals surface area contributed by atoms with Crippen LogP contribution < -0.4 is 33.4 Å². The minimum atomic E-state index is -1.39. The third kappa shape index (κ3) is 9.82. The van der Waals surface area contributed by atoms with Crippen LogP contribution in [0.5, 0.6) is 0 Å². The minimum Gasteiger partial charge on any atom is -0.481 e. The maximum absolute atomic E-state index is 11.4. The number of primary amides is 1. The van der Waals surface area contributed by atoms with E-state index in [0.717, 1.165) is 0 Å². The smallest absolute Gasteiger partial charge is 0.334 e. The number of urea groups is 1. The molecule has 0 saturated heterocycles. The molecule has 0 radical (unpaired) electrons. The molecule has 0 fully saturated rings. The number of aliphatic carboxylic acids is 1. The van der Waals surface area contributed by atoms with Crippen LogP contribution in [0.2, 0.25) is 0 Å². The number of hydrogen-bond donors (Lipinski definition) is 7. The van der Waals surface area contributed by atoms with Gasteiger partial charge in [-0.25, -0.2) is 10.2 Å². The number of aliphatic imine (C=N–C) groups is 1. The first-order valence-electron chi connectivity index (χ1n) is 6.14. The van der Waals surface area contributed by atoms with Crippen molar-refractivity contribution in [3.63, 3.8) is 0 Å². The molecule has 0 rings (SSSR count). The van der Waals surface area contributed by atoms with E-state index in [0.29, 0.717) is 6.42 Å². The first-order chi connectivity index (χ1) is 10.2. The second-order valence-corrected chi connectivity index (χ2v) is 4.11. The lowest BCUT2D eigenvalue weighted by molar-refractivity contribution is -0.139. The van der Waals surface area contributed by atoms with Crippen molar-refractivity contribution in [2.45, 2.75) is 25.3 Å². The number of nitrogens with one attached hydrogen (secondary N) is 3. The lowest BCUT2D eigenvalue weighted by Crippen LogP contribution is -2.53. The zero-order valence-electron chi connectivity index (χ0n) is 11.7. The van der Waals surface area contributed by atoms with E-state index in [2.05, 4.69) is 10.4 Å². The molecule has 0 heterocycles. The summed E-state index contributed by atoms with van der Waals surface area (Å²) in [5.74, 6) is -2.93.